The highest BCUT2D eigenvalue weighted by atomic mass is 19.1. The van der Waals surface area contributed by atoms with Crippen molar-refractivity contribution < 1.29 is 14.0 Å². The number of hydrogen-bond donors (Lipinski definition) is 2. The van der Waals surface area contributed by atoms with Gasteiger partial charge >= 0.3 is 6.03 Å². The van der Waals surface area contributed by atoms with E-state index < -0.39 is 0 Å². The highest BCUT2D eigenvalue weighted by molar-refractivity contribution is 6.04. The molecule has 5 nitrogen and oxygen atoms in total. The van der Waals surface area contributed by atoms with E-state index in [2.05, 4.69) is 10.6 Å². The summed E-state index contributed by atoms with van der Waals surface area (Å²) in [5.41, 5.74) is 2.87. The Balaban J connectivity index is 1.71. The fraction of sp³-hybridized carbons (Fsp3) is 0.391. The molecule has 29 heavy (non-hydrogen) atoms. The maximum absolute atomic E-state index is 13.3. The summed E-state index contributed by atoms with van der Waals surface area (Å²) in [5.74, 6) is -0.361. The number of halogens is 1. The largest absolute Gasteiger partial charge is 0.336 e. The summed E-state index contributed by atoms with van der Waals surface area (Å²) in [7, 11) is 0. The van der Waals surface area contributed by atoms with Crippen molar-refractivity contribution in [2.45, 2.75) is 45.6 Å². The molecule has 0 saturated carbocycles. The number of likely N-dealkylation sites (tertiary alicyclic amines) is 1. The third-order valence-electron chi connectivity index (χ3n) is 5.18. The minimum Gasteiger partial charge on any atom is -0.336 e. The van der Waals surface area contributed by atoms with Crippen LogP contribution in [0.5, 0.6) is 0 Å². The standard InChI is InChI=1S/C23H28FN3O2/c1-15(2)25-23(29)27-11-5-8-19(14-27)17-6-4-7-18(13-17)22(28)26-21-10-9-20(24)12-16(21)3/h4,6-7,9-10,12-13,15,19H,5,8,11,14H2,1-3H3,(H,25,29)(H,26,28). The summed E-state index contributed by atoms with van der Waals surface area (Å²) in [6.07, 6.45) is 1.91. The molecule has 3 rings (SSSR count). The number of carbonyl (C=O) groups excluding carboxylic acids is 2. The molecule has 1 aliphatic heterocycles. The van der Waals surface area contributed by atoms with Gasteiger partial charge in [-0.1, -0.05) is 12.1 Å². The number of benzene rings is 2. The number of nitrogens with zero attached hydrogens (tertiary/aromatic N) is 1. The van der Waals surface area contributed by atoms with Gasteiger partial charge in [0.1, 0.15) is 5.82 Å². The molecule has 6 heteroatoms. The number of nitrogens with one attached hydrogen (secondary N) is 2. The summed E-state index contributed by atoms with van der Waals surface area (Å²) < 4.78 is 13.3. The minimum atomic E-state index is -0.328. The monoisotopic (exact) mass is 397 g/mol. The van der Waals surface area contributed by atoms with E-state index in [4.69, 9.17) is 0 Å². The van der Waals surface area contributed by atoms with Crippen LogP contribution in [0.25, 0.3) is 0 Å². The van der Waals surface area contributed by atoms with Gasteiger partial charge in [-0.2, -0.15) is 0 Å². The number of rotatable bonds is 4. The first-order chi connectivity index (χ1) is 13.8. The van der Waals surface area contributed by atoms with Gasteiger partial charge in [-0.25, -0.2) is 9.18 Å². The summed E-state index contributed by atoms with van der Waals surface area (Å²) in [6.45, 7) is 7.04. The van der Waals surface area contributed by atoms with E-state index in [1.807, 2.05) is 36.9 Å². The van der Waals surface area contributed by atoms with Gasteiger partial charge in [0.25, 0.3) is 5.91 Å². The number of anilines is 1. The molecule has 1 unspecified atom stereocenters. The number of hydrogen-bond acceptors (Lipinski definition) is 2. The molecule has 0 radical (unpaired) electrons. The average molecular weight is 397 g/mol. The zero-order valence-electron chi connectivity index (χ0n) is 17.2. The van der Waals surface area contributed by atoms with Crippen LogP contribution in [0.4, 0.5) is 14.9 Å². The van der Waals surface area contributed by atoms with Gasteiger partial charge in [0.15, 0.2) is 0 Å². The van der Waals surface area contributed by atoms with E-state index in [1.165, 1.54) is 12.1 Å². The van der Waals surface area contributed by atoms with Crippen molar-refractivity contribution in [2.75, 3.05) is 18.4 Å². The highest BCUT2D eigenvalue weighted by Crippen LogP contribution is 2.28. The molecule has 1 heterocycles. The lowest BCUT2D eigenvalue weighted by molar-refractivity contribution is 0.102. The molecule has 2 N–H and O–H groups in total. The molecule has 1 saturated heterocycles. The smallest absolute Gasteiger partial charge is 0.317 e. The van der Waals surface area contributed by atoms with Crippen molar-refractivity contribution in [1.29, 1.82) is 0 Å². The number of urea groups is 1. The van der Waals surface area contributed by atoms with Crippen LogP contribution in [0.3, 0.4) is 0 Å². The van der Waals surface area contributed by atoms with Crippen LogP contribution in [-0.2, 0) is 0 Å². The summed E-state index contributed by atoms with van der Waals surface area (Å²) >= 11 is 0. The van der Waals surface area contributed by atoms with Crippen molar-refractivity contribution >= 4 is 17.6 Å². The lowest BCUT2D eigenvalue weighted by Gasteiger charge is -2.33. The predicted molar refractivity (Wildman–Crippen MR) is 113 cm³/mol. The highest BCUT2D eigenvalue weighted by Gasteiger charge is 2.25. The van der Waals surface area contributed by atoms with Crippen LogP contribution in [0.2, 0.25) is 0 Å². The fourth-order valence-corrected chi connectivity index (χ4v) is 3.67. The van der Waals surface area contributed by atoms with E-state index in [1.54, 1.807) is 19.1 Å². The van der Waals surface area contributed by atoms with E-state index in [0.29, 0.717) is 23.4 Å². The Labute approximate surface area is 171 Å². The van der Waals surface area contributed by atoms with Crippen molar-refractivity contribution in [3.8, 4) is 0 Å². The van der Waals surface area contributed by atoms with Crippen molar-refractivity contribution in [1.82, 2.24) is 10.2 Å². The molecule has 0 aliphatic carbocycles. The van der Waals surface area contributed by atoms with Gasteiger partial charge in [-0.15, -0.1) is 0 Å². The van der Waals surface area contributed by atoms with Gasteiger partial charge in [0.2, 0.25) is 0 Å². The third-order valence-corrected chi connectivity index (χ3v) is 5.18. The first kappa shape index (κ1) is 20.8. The van der Waals surface area contributed by atoms with E-state index in [9.17, 15) is 14.0 Å². The SMILES string of the molecule is Cc1cc(F)ccc1NC(=O)c1cccc(C2CCCN(C(=O)NC(C)C)C2)c1. The van der Waals surface area contributed by atoms with Crippen LogP contribution in [-0.4, -0.2) is 36.0 Å². The summed E-state index contributed by atoms with van der Waals surface area (Å²) in [6, 6.07) is 11.9. The molecular weight excluding hydrogens is 369 g/mol. The maximum atomic E-state index is 13.3. The second-order valence-electron chi connectivity index (χ2n) is 7.93. The quantitative estimate of drug-likeness (QED) is 0.787. The molecule has 0 spiro atoms. The normalized spacial score (nSPS) is 16.6. The average Bonchev–Trinajstić information content (AvgIpc) is 2.70. The van der Waals surface area contributed by atoms with Gasteiger partial charge in [0.05, 0.1) is 0 Å². The molecule has 1 atom stereocenters. The molecule has 2 aromatic carbocycles. The first-order valence-corrected chi connectivity index (χ1v) is 10.1. The van der Waals surface area contributed by atoms with Crippen LogP contribution in [0.1, 0.15) is 54.1 Å². The van der Waals surface area contributed by atoms with Crippen LogP contribution < -0.4 is 10.6 Å². The van der Waals surface area contributed by atoms with Crippen molar-refractivity contribution in [3.63, 3.8) is 0 Å². The number of piperidine rings is 1. The van der Waals surface area contributed by atoms with Gasteiger partial charge in [0, 0.05) is 36.3 Å². The summed E-state index contributed by atoms with van der Waals surface area (Å²) in [5, 5.41) is 5.80. The van der Waals surface area contributed by atoms with Gasteiger partial charge in [-0.05, 0) is 75.1 Å². The van der Waals surface area contributed by atoms with Crippen LogP contribution in [0.15, 0.2) is 42.5 Å². The van der Waals surface area contributed by atoms with Crippen LogP contribution >= 0.6 is 0 Å². The Kier molecular flexibility index (Phi) is 6.52. The molecule has 1 fully saturated rings. The van der Waals surface area contributed by atoms with E-state index in [0.717, 1.165) is 24.9 Å². The third kappa shape index (κ3) is 5.34. The number of aryl methyl sites for hydroxylation is 1. The van der Waals surface area contributed by atoms with Crippen LogP contribution in [0, 0.1) is 12.7 Å². The molecule has 0 aromatic heterocycles. The molecule has 1 aliphatic rings. The van der Waals surface area contributed by atoms with Gasteiger partial charge < -0.3 is 15.5 Å². The zero-order chi connectivity index (χ0) is 21.0. The Hall–Kier alpha value is -2.89. The Morgan fingerprint density at radius 1 is 1.17 bits per heavy atom. The fourth-order valence-electron chi connectivity index (χ4n) is 3.67. The van der Waals surface area contributed by atoms with E-state index in [-0.39, 0.29) is 29.7 Å². The first-order valence-electron chi connectivity index (χ1n) is 10.1. The topological polar surface area (TPSA) is 61.4 Å². The predicted octanol–water partition coefficient (Wildman–Crippen LogP) is 4.68. The maximum Gasteiger partial charge on any atom is 0.317 e. The lowest BCUT2D eigenvalue weighted by Crippen LogP contribution is -2.47. The Morgan fingerprint density at radius 3 is 2.69 bits per heavy atom. The molecule has 0 bridgehead atoms. The minimum absolute atomic E-state index is 0.0367. The van der Waals surface area contributed by atoms with E-state index >= 15 is 0 Å². The molecule has 154 valence electrons. The molecular formula is C23H28FN3O2. The Bertz CT molecular complexity index is 897. The number of amides is 3. The second-order valence-corrected chi connectivity index (χ2v) is 7.93. The Morgan fingerprint density at radius 2 is 1.97 bits per heavy atom. The molecule has 2 aromatic rings. The molecule has 3 amide bonds. The summed E-state index contributed by atoms with van der Waals surface area (Å²) in [4.78, 5) is 26.9. The second kappa shape index (κ2) is 9.07. The van der Waals surface area contributed by atoms with Crippen molar-refractivity contribution in [3.05, 3.63) is 65.0 Å². The lowest BCUT2D eigenvalue weighted by atomic mass is 9.89. The van der Waals surface area contributed by atoms with Crippen molar-refractivity contribution in [2.24, 2.45) is 0 Å². The zero-order valence-corrected chi connectivity index (χ0v) is 17.2. The number of carbonyl (C=O) groups is 2. The van der Waals surface area contributed by atoms with Gasteiger partial charge in [-0.3, -0.25) is 4.79 Å².